The average molecular weight is 325 g/mol. The van der Waals surface area contributed by atoms with E-state index in [-0.39, 0.29) is 11.9 Å². The van der Waals surface area contributed by atoms with Gasteiger partial charge in [0.2, 0.25) is 5.91 Å². The Morgan fingerprint density at radius 2 is 2.29 bits per heavy atom. The van der Waals surface area contributed by atoms with Crippen LogP contribution in [-0.4, -0.2) is 32.5 Å². The average Bonchev–Trinajstić information content (AvgIpc) is 2.82. The van der Waals surface area contributed by atoms with Crippen molar-refractivity contribution in [2.45, 2.75) is 26.3 Å². The predicted molar refractivity (Wildman–Crippen MR) is 87.5 cm³/mol. The lowest BCUT2D eigenvalue weighted by Gasteiger charge is -2.25. The first-order chi connectivity index (χ1) is 10.0. The van der Waals surface area contributed by atoms with Crippen LogP contribution in [0.3, 0.4) is 0 Å². The molecule has 7 heteroatoms. The summed E-state index contributed by atoms with van der Waals surface area (Å²) in [6.07, 6.45) is 5.47. The van der Waals surface area contributed by atoms with Gasteiger partial charge in [0.1, 0.15) is 5.69 Å². The number of anilines is 1. The Kier molecular flexibility index (Phi) is 5.25. The molecule has 0 aliphatic heterocycles. The van der Waals surface area contributed by atoms with Crippen molar-refractivity contribution in [1.29, 1.82) is 0 Å². The molecule has 112 valence electrons. The third kappa shape index (κ3) is 3.57. The Bertz CT molecular complexity index is 615. The highest BCUT2D eigenvalue weighted by Gasteiger charge is 2.23. The van der Waals surface area contributed by atoms with Crippen LogP contribution in [0.2, 0.25) is 5.15 Å². The van der Waals surface area contributed by atoms with Gasteiger partial charge in [-0.05, 0) is 31.7 Å². The van der Waals surface area contributed by atoms with Gasteiger partial charge in [-0.3, -0.25) is 9.78 Å². The van der Waals surface area contributed by atoms with Gasteiger partial charge in [0, 0.05) is 18.7 Å². The Labute approximate surface area is 134 Å². The number of carbonyl (C=O) groups is 1. The monoisotopic (exact) mass is 324 g/mol. The maximum Gasteiger partial charge on any atom is 0.228 e. The van der Waals surface area contributed by atoms with Crippen LogP contribution in [0.5, 0.6) is 0 Å². The van der Waals surface area contributed by atoms with Crippen molar-refractivity contribution >= 4 is 35.8 Å². The molecule has 0 N–H and O–H groups in total. The summed E-state index contributed by atoms with van der Waals surface area (Å²) in [6.45, 7) is 3.88. The van der Waals surface area contributed by atoms with Crippen molar-refractivity contribution in [1.82, 2.24) is 14.8 Å². The molecule has 21 heavy (non-hydrogen) atoms. The smallest absolute Gasteiger partial charge is 0.228 e. The molecule has 0 bridgehead atoms. The number of pyridine rings is 1. The van der Waals surface area contributed by atoms with Crippen LogP contribution < -0.4 is 4.90 Å². The Morgan fingerprint density at radius 3 is 2.86 bits per heavy atom. The highest BCUT2D eigenvalue weighted by atomic mass is 35.5. The first-order valence-electron chi connectivity index (χ1n) is 6.63. The molecule has 0 fully saturated rings. The zero-order valence-electron chi connectivity index (χ0n) is 11.9. The van der Waals surface area contributed by atoms with E-state index in [1.54, 1.807) is 28.2 Å². The van der Waals surface area contributed by atoms with Gasteiger partial charge in [-0.2, -0.15) is 17.7 Å². The van der Waals surface area contributed by atoms with Crippen LogP contribution in [0.15, 0.2) is 30.7 Å². The van der Waals surface area contributed by atoms with Crippen LogP contribution in [0.4, 0.5) is 5.69 Å². The molecule has 2 heterocycles. The van der Waals surface area contributed by atoms with Gasteiger partial charge >= 0.3 is 0 Å². The summed E-state index contributed by atoms with van der Waals surface area (Å²) in [5.74, 6) is 0.476. The SMILES string of the molecule is CC(C)N(C(=O)CCS)c1cn(-c2cccnc2)nc1Cl. The largest absolute Gasteiger partial charge is 0.306 e. The second-order valence-electron chi connectivity index (χ2n) is 4.79. The number of carbonyl (C=O) groups excluding carboxylic acids is 1. The number of thiol groups is 1. The topological polar surface area (TPSA) is 51.0 Å². The van der Waals surface area contributed by atoms with Crippen molar-refractivity contribution in [3.63, 3.8) is 0 Å². The molecule has 0 radical (unpaired) electrons. The number of halogens is 1. The summed E-state index contributed by atoms with van der Waals surface area (Å²) in [5.41, 5.74) is 1.39. The van der Waals surface area contributed by atoms with Crippen LogP contribution in [-0.2, 0) is 4.79 Å². The highest BCUT2D eigenvalue weighted by Crippen LogP contribution is 2.28. The van der Waals surface area contributed by atoms with E-state index in [0.29, 0.717) is 23.0 Å². The number of amides is 1. The zero-order chi connectivity index (χ0) is 15.4. The maximum atomic E-state index is 12.3. The molecule has 0 atom stereocenters. The van der Waals surface area contributed by atoms with Crippen LogP contribution in [0, 0.1) is 0 Å². The maximum absolute atomic E-state index is 12.3. The van der Waals surface area contributed by atoms with Gasteiger partial charge in [0.25, 0.3) is 0 Å². The Balaban J connectivity index is 2.39. The minimum absolute atomic E-state index is 0.0126. The summed E-state index contributed by atoms with van der Waals surface area (Å²) >= 11 is 10.3. The van der Waals surface area contributed by atoms with E-state index in [4.69, 9.17) is 11.6 Å². The fourth-order valence-corrected chi connectivity index (χ4v) is 2.46. The third-order valence-corrected chi connectivity index (χ3v) is 3.43. The van der Waals surface area contributed by atoms with E-state index in [1.807, 2.05) is 26.0 Å². The minimum atomic E-state index is -0.0207. The van der Waals surface area contributed by atoms with Crippen molar-refractivity contribution < 1.29 is 4.79 Å². The molecule has 0 aliphatic rings. The molecule has 0 saturated carbocycles. The fraction of sp³-hybridized carbons (Fsp3) is 0.357. The molecule has 0 saturated heterocycles. The lowest BCUT2D eigenvalue weighted by molar-refractivity contribution is -0.118. The molecule has 1 amide bonds. The van der Waals surface area contributed by atoms with Gasteiger partial charge < -0.3 is 4.90 Å². The second-order valence-corrected chi connectivity index (χ2v) is 5.60. The van der Waals surface area contributed by atoms with Gasteiger partial charge in [-0.1, -0.05) is 11.6 Å². The fourth-order valence-electron chi connectivity index (χ4n) is 2.04. The van der Waals surface area contributed by atoms with Crippen molar-refractivity contribution in [2.24, 2.45) is 0 Å². The summed E-state index contributed by atoms with van der Waals surface area (Å²) in [4.78, 5) is 18.0. The number of rotatable bonds is 5. The van der Waals surface area contributed by atoms with Crippen molar-refractivity contribution in [2.75, 3.05) is 10.7 Å². The van der Waals surface area contributed by atoms with E-state index >= 15 is 0 Å². The molecule has 0 aromatic carbocycles. The first kappa shape index (κ1) is 15.9. The van der Waals surface area contributed by atoms with Gasteiger partial charge in [0.15, 0.2) is 5.15 Å². The number of nitrogens with zero attached hydrogens (tertiary/aromatic N) is 4. The predicted octanol–water partition coefficient (Wildman–Crippen LogP) is 2.98. The van der Waals surface area contributed by atoms with E-state index in [2.05, 4.69) is 22.7 Å². The molecular formula is C14H17ClN4OS. The van der Waals surface area contributed by atoms with Crippen molar-refractivity contribution in [3.8, 4) is 5.69 Å². The van der Waals surface area contributed by atoms with Gasteiger partial charge in [-0.15, -0.1) is 0 Å². The number of hydrogen-bond donors (Lipinski definition) is 1. The summed E-state index contributed by atoms with van der Waals surface area (Å²) < 4.78 is 1.62. The van der Waals surface area contributed by atoms with Crippen LogP contribution in [0.1, 0.15) is 20.3 Å². The van der Waals surface area contributed by atoms with Crippen LogP contribution >= 0.6 is 24.2 Å². The van der Waals surface area contributed by atoms with Crippen LogP contribution in [0.25, 0.3) is 5.69 Å². The molecule has 2 rings (SSSR count). The molecule has 0 unspecified atom stereocenters. The Morgan fingerprint density at radius 1 is 1.52 bits per heavy atom. The minimum Gasteiger partial charge on any atom is -0.306 e. The van der Waals surface area contributed by atoms with E-state index in [9.17, 15) is 4.79 Å². The van der Waals surface area contributed by atoms with Gasteiger partial charge in [0.05, 0.1) is 18.1 Å². The summed E-state index contributed by atoms with van der Waals surface area (Å²) in [5, 5.41) is 4.55. The summed E-state index contributed by atoms with van der Waals surface area (Å²) in [7, 11) is 0. The van der Waals surface area contributed by atoms with Crippen molar-refractivity contribution in [3.05, 3.63) is 35.9 Å². The third-order valence-electron chi connectivity index (χ3n) is 2.93. The lowest BCUT2D eigenvalue weighted by atomic mass is 10.2. The van der Waals surface area contributed by atoms with E-state index in [0.717, 1.165) is 5.69 Å². The lowest BCUT2D eigenvalue weighted by Crippen LogP contribution is -2.37. The highest BCUT2D eigenvalue weighted by molar-refractivity contribution is 7.80. The van der Waals surface area contributed by atoms with E-state index in [1.165, 1.54) is 0 Å². The molecule has 0 spiro atoms. The van der Waals surface area contributed by atoms with E-state index < -0.39 is 0 Å². The van der Waals surface area contributed by atoms with Gasteiger partial charge in [-0.25, -0.2) is 4.68 Å². The normalized spacial score (nSPS) is 10.9. The number of hydrogen-bond acceptors (Lipinski definition) is 4. The molecule has 2 aromatic heterocycles. The molecular weight excluding hydrogens is 308 g/mol. The standard InChI is InChI=1S/C14H17ClN4OS/c1-10(2)19(13(20)5-7-21)12-9-18(17-14(12)15)11-4-3-6-16-8-11/h3-4,6,8-10,21H,5,7H2,1-2H3. The molecule has 2 aromatic rings. The Hall–Kier alpha value is -1.53. The molecule has 5 nitrogen and oxygen atoms in total. The molecule has 0 aliphatic carbocycles. The first-order valence-corrected chi connectivity index (χ1v) is 7.64. The summed E-state index contributed by atoms with van der Waals surface area (Å²) in [6, 6.07) is 3.67. The zero-order valence-corrected chi connectivity index (χ0v) is 13.6. The quantitative estimate of drug-likeness (QED) is 0.860. The second kappa shape index (κ2) is 6.95. The number of aromatic nitrogens is 3.